The first-order valence-electron chi connectivity index (χ1n) is 7.63. The van der Waals surface area contributed by atoms with E-state index in [1.54, 1.807) is 0 Å². The Morgan fingerprint density at radius 3 is 2.09 bits per heavy atom. The summed E-state index contributed by atoms with van der Waals surface area (Å²) in [4.78, 5) is 3.31. The third-order valence-corrected chi connectivity index (χ3v) is 4.11. The molecule has 1 fully saturated rings. The first kappa shape index (κ1) is 18.2. The molecule has 1 aromatic carbocycles. The molecule has 1 saturated heterocycles. The average Bonchev–Trinajstić information content (AvgIpc) is 2.49. The van der Waals surface area contributed by atoms with Crippen LogP contribution >= 0.6 is 0 Å². The van der Waals surface area contributed by atoms with Crippen LogP contribution in [0.25, 0.3) is 0 Å². The molecular formula is C16H22F4N2O. The number of nitrogens with zero attached hydrogens (tertiary/aromatic N) is 2. The Balaban J connectivity index is 1.79. The third-order valence-electron chi connectivity index (χ3n) is 4.11. The standard InChI is InChI=1S/C16H22F4N2O/c1-12-2-4-13(5-3-12)14(23)10-21-6-8-22(9-7-21)11-16(19,20)15(17)18/h2-5,14-15,23H,6-11H2,1H3. The van der Waals surface area contributed by atoms with E-state index in [-0.39, 0.29) is 0 Å². The second-order valence-electron chi connectivity index (χ2n) is 6.06. The van der Waals surface area contributed by atoms with Crippen LogP contribution in [0.4, 0.5) is 17.6 Å². The van der Waals surface area contributed by atoms with Crippen LogP contribution in [0.3, 0.4) is 0 Å². The number of alkyl halides is 4. The fourth-order valence-electron chi connectivity index (χ4n) is 2.64. The molecule has 1 unspecified atom stereocenters. The molecule has 130 valence electrons. The van der Waals surface area contributed by atoms with E-state index in [1.165, 1.54) is 4.90 Å². The van der Waals surface area contributed by atoms with Gasteiger partial charge in [-0.05, 0) is 12.5 Å². The molecule has 1 heterocycles. The van der Waals surface area contributed by atoms with E-state index in [0.29, 0.717) is 32.7 Å². The van der Waals surface area contributed by atoms with Crippen LogP contribution in [0, 0.1) is 6.92 Å². The number of hydrogen-bond donors (Lipinski definition) is 1. The predicted octanol–water partition coefficient (Wildman–Crippen LogP) is 2.55. The van der Waals surface area contributed by atoms with Gasteiger partial charge < -0.3 is 5.11 Å². The van der Waals surface area contributed by atoms with Gasteiger partial charge in [0.05, 0.1) is 12.6 Å². The van der Waals surface area contributed by atoms with Crippen molar-refractivity contribution in [3.05, 3.63) is 35.4 Å². The summed E-state index contributed by atoms with van der Waals surface area (Å²) in [5.41, 5.74) is 1.91. The normalized spacial score (nSPS) is 19.3. The molecule has 1 aromatic rings. The van der Waals surface area contributed by atoms with Crippen molar-refractivity contribution in [2.75, 3.05) is 39.3 Å². The minimum atomic E-state index is -3.97. The topological polar surface area (TPSA) is 26.7 Å². The second kappa shape index (κ2) is 7.59. The fourth-order valence-corrected chi connectivity index (χ4v) is 2.64. The molecule has 3 nitrogen and oxygen atoms in total. The van der Waals surface area contributed by atoms with E-state index in [1.807, 2.05) is 36.1 Å². The summed E-state index contributed by atoms with van der Waals surface area (Å²) in [7, 11) is 0. The molecule has 1 aliphatic rings. The maximum absolute atomic E-state index is 13.0. The first-order valence-corrected chi connectivity index (χ1v) is 7.63. The number of hydrogen-bond acceptors (Lipinski definition) is 3. The zero-order valence-corrected chi connectivity index (χ0v) is 13.1. The number of halogens is 4. The quantitative estimate of drug-likeness (QED) is 0.810. The Kier molecular flexibility index (Phi) is 6.00. The lowest BCUT2D eigenvalue weighted by Crippen LogP contribution is -2.51. The SMILES string of the molecule is Cc1ccc(C(O)CN2CCN(CC(F)(F)C(F)F)CC2)cc1. The third kappa shape index (κ3) is 5.16. The van der Waals surface area contributed by atoms with Crippen molar-refractivity contribution >= 4 is 0 Å². The van der Waals surface area contributed by atoms with E-state index < -0.39 is 25.0 Å². The molecule has 0 saturated carbocycles. The largest absolute Gasteiger partial charge is 0.387 e. The van der Waals surface area contributed by atoms with Crippen molar-refractivity contribution in [3.8, 4) is 0 Å². The summed E-state index contributed by atoms with van der Waals surface area (Å²) < 4.78 is 50.5. The second-order valence-corrected chi connectivity index (χ2v) is 6.06. The molecular weight excluding hydrogens is 312 g/mol. The highest BCUT2D eigenvalue weighted by molar-refractivity contribution is 5.23. The van der Waals surface area contributed by atoms with Gasteiger partial charge in [-0.2, -0.15) is 8.78 Å². The van der Waals surface area contributed by atoms with Gasteiger partial charge in [0.25, 0.3) is 0 Å². The lowest BCUT2D eigenvalue weighted by molar-refractivity contribution is -0.145. The number of benzene rings is 1. The Labute approximate surface area is 133 Å². The summed E-state index contributed by atoms with van der Waals surface area (Å²) in [6, 6.07) is 7.56. The summed E-state index contributed by atoms with van der Waals surface area (Å²) in [6.45, 7) is 2.99. The van der Waals surface area contributed by atoms with E-state index in [9.17, 15) is 22.7 Å². The molecule has 2 rings (SSSR count). The van der Waals surface area contributed by atoms with Crippen molar-refractivity contribution in [1.29, 1.82) is 0 Å². The van der Waals surface area contributed by atoms with Crippen molar-refractivity contribution in [3.63, 3.8) is 0 Å². The number of piperazine rings is 1. The molecule has 1 N–H and O–H groups in total. The highest BCUT2D eigenvalue weighted by Gasteiger charge is 2.42. The molecule has 0 radical (unpaired) electrons. The molecule has 23 heavy (non-hydrogen) atoms. The van der Waals surface area contributed by atoms with Crippen molar-refractivity contribution in [1.82, 2.24) is 9.80 Å². The minimum Gasteiger partial charge on any atom is -0.387 e. The predicted molar refractivity (Wildman–Crippen MR) is 80.0 cm³/mol. The lowest BCUT2D eigenvalue weighted by Gasteiger charge is -2.36. The van der Waals surface area contributed by atoms with Gasteiger partial charge in [0.1, 0.15) is 0 Å². The molecule has 0 aliphatic carbocycles. The molecule has 0 spiro atoms. The Morgan fingerprint density at radius 1 is 1.04 bits per heavy atom. The van der Waals surface area contributed by atoms with Crippen LogP contribution < -0.4 is 0 Å². The number of aliphatic hydroxyl groups excluding tert-OH is 1. The lowest BCUT2D eigenvalue weighted by atomic mass is 10.1. The van der Waals surface area contributed by atoms with Crippen LogP contribution in [0.1, 0.15) is 17.2 Å². The van der Waals surface area contributed by atoms with Crippen LogP contribution in [-0.2, 0) is 0 Å². The molecule has 0 amide bonds. The zero-order valence-electron chi connectivity index (χ0n) is 13.1. The first-order chi connectivity index (χ1) is 10.8. The van der Waals surface area contributed by atoms with Crippen LogP contribution in [0.2, 0.25) is 0 Å². The molecule has 1 aliphatic heterocycles. The Morgan fingerprint density at radius 2 is 1.57 bits per heavy atom. The van der Waals surface area contributed by atoms with Crippen molar-refractivity contribution in [2.45, 2.75) is 25.4 Å². The van der Waals surface area contributed by atoms with Gasteiger partial charge in [-0.25, -0.2) is 8.78 Å². The summed E-state index contributed by atoms with van der Waals surface area (Å²) >= 11 is 0. The van der Waals surface area contributed by atoms with Gasteiger partial charge in [-0.15, -0.1) is 0 Å². The van der Waals surface area contributed by atoms with Crippen molar-refractivity contribution in [2.24, 2.45) is 0 Å². The number of aliphatic hydroxyl groups is 1. The average molecular weight is 334 g/mol. The van der Waals surface area contributed by atoms with E-state index >= 15 is 0 Å². The number of aryl methyl sites for hydroxylation is 1. The molecule has 0 aromatic heterocycles. The number of β-amino-alcohol motifs (C(OH)–C–C–N with tert-alkyl or cyclic N) is 1. The maximum atomic E-state index is 13.0. The van der Waals surface area contributed by atoms with Crippen molar-refractivity contribution < 1.29 is 22.7 Å². The van der Waals surface area contributed by atoms with Crippen LogP contribution in [-0.4, -0.2) is 66.5 Å². The van der Waals surface area contributed by atoms with Gasteiger partial charge in [0.15, 0.2) is 0 Å². The van der Waals surface area contributed by atoms with Gasteiger partial charge in [0.2, 0.25) is 0 Å². The van der Waals surface area contributed by atoms with Gasteiger partial charge in [-0.3, -0.25) is 9.80 Å². The smallest absolute Gasteiger partial charge is 0.319 e. The zero-order chi connectivity index (χ0) is 17.0. The Bertz CT molecular complexity index is 487. The highest BCUT2D eigenvalue weighted by atomic mass is 19.3. The molecule has 1 atom stereocenters. The van der Waals surface area contributed by atoms with E-state index in [2.05, 4.69) is 0 Å². The minimum absolute atomic E-state index is 0.295. The van der Waals surface area contributed by atoms with Crippen LogP contribution in [0.15, 0.2) is 24.3 Å². The van der Waals surface area contributed by atoms with E-state index in [0.717, 1.165) is 11.1 Å². The Hall–Kier alpha value is -1.18. The number of rotatable bonds is 6. The molecule has 7 heteroatoms. The summed E-state index contributed by atoms with van der Waals surface area (Å²) in [5, 5.41) is 10.2. The van der Waals surface area contributed by atoms with Gasteiger partial charge >= 0.3 is 12.3 Å². The maximum Gasteiger partial charge on any atom is 0.319 e. The van der Waals surface area contributed by atoms with Crippen LogP contribution in [0.5, 0.6) is 0 Å². The van der Waals surface area contributed by atoms with Gasteiger partial charge in [-0.1, -0.05) is 29.8 Å². The highest BCUT2D eigenvalue weighted by Crippen LogP contribution is 2.24. The fraction of sp³-hybridized carbons (Fsp3) is 0.625. The summed E-state index contributed by atoms with van der Waals surface area (Å²) in [5.74, 6) is -3.97. The van der Waals surface area contributed by atoms with Gasteiger partial charge in [0, 0.05) is 32.7 Å². The monoisotopic (exact) mass is 334 g/mol. The summed E-state index contributed by atoms with van der Waals surface area (Å²) in [6.07, 6.45) is -4.28. The molecule has 0 bridgehead atoms. The van der Waals surface area contributed by atoms with E-state index in [4.69, 9.17) is 0 Å².